The first-order valence-corrected chi connectivity index (χ1v) is 8.13. The van der Waals surface area contributed by atoms with Crippen LogP contribution in [0, 0.1) is 0 Å². The number of hydrogen-bond donors (Lipinski definition) is 1. The second-order valence-electron chi connectivity index (χ2n) is 5.46. The Hall–Kier alpha value is -1.31. The van der Waals surface area contributed by atoms with Gasteiger partial charge >= 0.3 is 0 Å². The van der Waals surface area contributed by atoms with Crippen LogP contribution >= 0.6 is 0 Å². The van der Waals surface area contributed by atoms with E-state index in [1.54, 1.807) is 0 Å². The van der Waals surface area contributed by atoms with Crippen LogP contribution in [0.15, 0.2) is 30.3 Å². The highest BCUT2D eigenvalue weighted by Crippen LogP contribution is 2.07. The third-order valence-electron chi connectivity index (χ3n) is 3.56. The molecule has 0 saturated heterocycles. The van der Waals surface area contributed by atoms with E-state index in [1.165, 1.54) is 31.2 Å². The first-order chi connectivity index (χ1) is 9.83. The van der Waals surface area contributed by atoms with E-state index in [1.807, 2.05) is 6.07 Å². The summed E-state index contributed by atoms with van der Waals surface area (Å²) < 4.78 is 0. The zero-order valence-corrected chi connectivity index (χ0v) is 12.9. The molecule has 1 aromatic rings. The molecule has 0 aromatic heterocycles. The molecule has 2 nitrogen and oxygen atoms in total. The van der Waals surface area contributed by atoms with Crippen molar-refractivity contribution < 1.29 is 4.79 Å². The van der Waals surface area contributed by atoms with Gasteiger partial charge in [0.2, 0.25) is 5.91 Å². The van der Waals surface area contributed by atoms with E-state index in [9.17, 15) is 4.79 Å². The summed E-state index contributed by atoms with van der Waals surface area (Å²) in [5.74, 6) is 0.223. The zero-order valence-electron chi connectivity index (χ0n) is 12.9. The number of benzene rings is 1. The molecule has 0 fully saturated rings. The number of nitrogens with one attached hydrogen (secondary N) is 1. The second kappa shape index (κ2) is 11.5. The molecule has 0 aliphatic heterocycles. The summed E-state index contributed by atoms with van der Waals surface area (Å²) in [5, 5.41) is 3.01. The van der Waals surface area contributed by atoms with Crippen LogP contribution < -0.4 is 5.32 Å². The van der Waals surface area contributed by atoms with Crippen LogP contribution in [-0.2, 0) is 11.2 Å². The number of amides is 1. The molecule has 1 aromatic carbocycles. The molecule has 1 rings (SSSR count). The second-order valence-corrected chi connectivity index (χ2v) is 5.46. The van der Waals surface area contributed by atoms with Gasteiger partial charge in [-0.05, 0) is 31.2 Å². The first kappa shape index (κ1) is 16.7. The number of aryl methyl sites for hydroxylation is 1. The Morgan fingerprint density at radius 2 is 1.70 bits per heavy atom. The van der Waals surface area contributed by atoms with Crippen molar-refractivity contribution in [2.45, 2.75) is 64.7 Å². The number of unbranched alkanes of at least 4 members (excludes halogenated alkanes) is 5. The van der Waals surface area contributed by atoms with Crippen molar-refractivity contribution >= 4 is 5.91 Å². The van der Waals surface area contributed by atoms with Crippen LogP contribution in [-0.4, -0.2) is 12.5 Å². The molecule has 0 atom stereocenters. The van der Waals surface area contributed by atoms with Crippen LogP contribution in [0.4, 0.5) is 0 Å². The summed E-state index contributed by atoms with van der Waals surface area (Å²) in [6, 6.07) is 10.6. The van der Waals surface area contributed by atoms with Gasteiger partial charge in [0.15, 0.2) is 0 Å². The lowest BCUT2D eigenvalue weighted by Gasteiger charge is -2.05. The highest BCUT2D eigenvalue weighted by molar-refractivity contribution is 5.75. The molecule has 0 aliphatic carbocycles. The molecular weight excluding hydrogens is 246 g/mol. The third kappa shape index (κ3) is 8.73. The Morgan fingerprint density at radius 1 is 0.950 bits per heavy atom. The van der Waals surface area contributed by atoms with E-state index in [-0.39, 0.29) is 5.91 Å². The molecule has 0 radical (unpaired) electrons. The van der Waals surface area contributed by atoms with Gasteiger partial charge in [0.1, 0.15) is 0 Å². The molecule has 2 heteroatoms. The van der Waals surface area contributed by atoms with Gasteiger partial charge in [0.25, 0.3) is 0 Å². The maximum Gasteiger partial charge on any atom is 0.219 e. The average molecular weight is 275 g/mol. The molecule has 0 saturated carbocycles. The van der Waals surface area contributed by atoms with Crippen LogP contribution in [0.25, 0.3) is 0 Å². The third-order valence-corrected chi connectivity index (χ3v) is 3.56. The lowest BCUT2D eigenvalue weighted by atomic mass is 10.1. The average Bonchev–Trinajstić information content (AvgIpc) is 2.48. The Morgan fingerprint density at radius 3 is 2.45 bits per heavy atom. The Balaban J connectivity index is 1.91. The molecule has 1 amide bonds. The topological polar surface area (TPSA) is 29.1 Å². The zero-order chi connectivity index (χ0) is 14.5. The quantitative estimate of drug-likeness (QED) is 0.592. The summed E-state index contributed by atoms with van der Waals surface area (Å²) >= 11 is 0. The number of carbonyl (C=O) groups excluding carboxylic acids is 1. The smallest absolute Gasteiger partial charge is 0.219 e. The maximum atomic E-state index is 11.6. The molecule has 20 heavy (non-hydrogen) atoms. The van der Waals surface area contributed by atoms with Crippen molar-refractivity contribution in [3.63, 3.8) is 0 Å². The minimum Gasteiger partial charge on any atom is -0.356 e. The fraction of sp³-hybridized carbons (Fsp3) is 0.611. The number of hydrogen-bond acceptors (Lipinski definition) is 1. The molecule has 0 unspecified atom stereocenters. The highest BCUT2D eigenvalue weighted by Gasteiger charge is 2.00. The fourth-order valence-electron chi connectivity index (χ4n) is 2.30. The van der Waals surface area contributed by atoms with Gasteiger partial charge in [-0.3, -0.25) is 4.79 Å². The van der Waals surface area contributed by atoms with Crippen LogP contribution in [0.2, 0.25) is 0 Å². The summed E-state index contributed by atoms with van der Waals surface area (Å²) in [7, 11) is 0. The van der Waals surface area contributed by atoms with Crippen molar-refractivity contribution in [3.8, 4) is 0 Å². The van der Waals surface area contributed by atoms with E-state index >= 15 is 0 Å². The largest absolute Gasteiger partial charge is 0.356 e. The fourth-order valence-corrected chi connectivity index (χ4v) is 2.30. The van der Waals surface area contributed by atoms with Gasteiger partial charge in [0.05, 0.1) is 0 Å². The molecular formula is C18H29NO. The van der Waals surface area contributed by atoms with Gasteiger partial charge in [-0.2, -0.15) is 0 Å². The Bertz CT molecular complexity index is 348. The Labute approximate surface area is 124 Å². The maximum absolute atomic E-state index is 11.6. The predicted molar refractivity (Wildman–Crippen MR) is 85.8 cm³/mol. The molecule has 1 N–H and O–H groups in total. The van der Waals surface area contributed by atoms with Gasteiger partial charge in [-0.15, -0.1) is 0 Å². The van der Waals surface area contributed by atoms with Gasteiger partial charge in [0, 0.05) is 13.0 Å². The predicted octanol–water partition coefficient (Wildman–Crippen LogP) is 4.49. The Kier molecular flexibility index (Phi) is 9.64. The molecule has 0 spiro atoms. The lowest BCUT2D eigenvalue weighted by molar-refractivity contribution is -0.121. The summed E-state index contributed by atoms with van der Waals surface area (Å²) in [5.41, 5.74) is 1.40. The van der Waals surface area contributed by atoms with E-state index in [2.05, 4.69) is 36.5 Å². The monoisotopic (exact) mass is 275 g/mol. The van der Waals surface area contributed by atoms with Crippen molar-refractivity contribution in [1.29, 1.82) is 0 Å². The van der Waals surface area contributed by atoms with Crippen LogP contribution in [0.3, 0.4) is 0 Å². The van der Waals surface area contributed by atoms with E-state index < -0.39 is 0 Å². The normalized spacial score (nSPS) is 10.4. The minimum absolute atomic E-state index is 0.223. The molecule has 0 heterocycles. The SMILES string of the molecule is CCCCCCNC(=O)CCCCCc1ccccc1. The highest BCUT2D eigenvalue weighted by atomic mass is 16.1. The number of carbonyl (C=O) groups is 1. The van der Waals surface area contributed by atoms with Crippen molar-refractivity contribution in [2.75, 3.05) is 6.54 Å². The van der Waals surface area contributed by atoms with Crippen LogP contribution in [0.1, 0.15) is 63.9 Å². The number of rotatable bonds is 11. The molecule has 112 valence electrons. The summed E-state index contributed by atoms with van der Waals surface area (Å²) in [6.07, 6.45) is 9.99. The van der Waals surface area contributed by atoms with Gasteiger partial charge < -0.3 is 5.32 Å². The van der Waals surface area contributed by atoms with E-state index in [0.717, 1.165) is 32.2 Å². The van der Waals surface area contributed by atoms with Crippen LogP contribution in [0.5, 0.6) is 0 Å². The standard InChI is InChI=1S/C18H29NO/c1-2-3-4-11-16-19-18(20)15-10-6-9-14-17-12-7-5-8-13-17/h5,7-8,12-13H,2-4,6,9-11,14-16H2,1H3,(H,19,20). The van der Waals surface area contributed by atoms with Gasteiger partial charge in [-0.25, -0.2) is 0 Å². The minimum atomic E-state index is 0.223. The van der Waals surface area contributed by atoms with E-state index in [0.29, 0.717) is 6.42 Å². The lowest BCUT2D eigenvalue weighted by Crippen LogP contribution is -2.23. The van der Waals surface area contributed by atoms with Crippen molar-refractivity contribution in [1.82, 2.24) is 5.32 Å². The van der Waals surface area contributed by atoms with Crippen molar-refractivity contribution in [3.05, 3.63) is 35.9 Å². The van der Waals surface area contributed by atoms with Gasteiger partial charge in [-0.1, -0.05) is 62.9 Å². The summed E-state index contributed by atoms with van der Waals surface area (Å²) in [6.45, 7) is 3.05. The summed E-state index contributed by atoms with van der Waals surface area (Å²) in [4.78, 5) is 11.6. The van der Waals surface area contributed by atoms with E-state index in [4.69, 9.17) is 0 Å². The molecule has 0 bridgehead atoms. The first-order valence-electron chi connectivity index (χ1n) is 8.13. The molecule has 0 aliphatic rings. The van der Waals surface area contributed by atoms with Crippen molar-refractivity contribution in [2.24, 2.45) is 0 Å².